The van der Waals surface area contributed by atoms with Crippen LogP contribution in [0.25, 0.3) is 0 Å². The highest BCUT2D eigenvalue weighted by Crippen LogP contribution is 1.72. The van der Waals surface area contributed by atoms with Crippen molar-refractivity contribution >= 4 is 17.7 Å². The van der Waals surface area contributed by atoms with Gasteiger partial charge in [-0.05, 0) is 20.8 Å². The van der Waals surface area contributed by atoms with E-state index < -0.39 is 11.9 Å². The lowest BCUT2D eigenvalue weighted by molar-refractivity contribution is -0.303. The number of carboxylic acids is 1. The molecule has 0 spiro atoms. The Morgan fingerprint density at radius 2 is 1.58 bits per heavy atom. The molecule has 0 saturated carbocycles. The Kier molecular flexibility index (Phi) is 8.50. The van der Waals surface area contributed by atoms with Gasteiger partial charge in [-0.15, -0.1) is 0 Å². The number of esters is 1. The van der Waals surface area contributed by atoms with Crippen molar-refractivity contribution < 1.29 is 24.2 Å². The third kappa shape index (κ3) is 15.8. The Balaban J connectivity index is 0. The fourth-order valence-corrected chi connectivity index (χ4v) is 0.190. The molecule has 0 amide bonds. The van der Waals surface area contributed by atoms with Crippen molar-refractivity contribution in [2.45, 2.75) is 20.8 Å². The average Bonchev–Trinajstić information content (AvgIpc) is 1.86. The summed E-state index contributed by atoms with van der Waals surface area (Å²) in [5.41, 5.74) is 0. The van der Waals surface area contributed by atoms with Gasteiger partial charge in [0.15, 0.2) is 5.97 Å². The van der Waals surface area contributed by atoms with Gasteiger partial charge in [-0.2, -0.15) is 0 Å². The molecule has 0 saturated heterocycles. The number of carboxylic acid groups (broad SMARTS) is 1. The van der Waals surface area contributed by atoms with Crippen LogP contribution in [0.5, 0.6) is 0 Å². The lowest BCUT2D eigenvalue weighted by atomic mass is 10.6. The molecule has 0 aromatic carbocycles. The van der Waals surface area contributed by atoms with E-state index in [2.05, 4.69) is 4.74 Å². The van der Waals surface area contributed by atoms with Crippen LogP contribution in [0.1, 0.15) is 20.8 Å². The minimum Gasteiger partial charge on any atom is -0.539 e. The first kappa shape index (κ1) is 13.2. The number of carbonyl (C=O) groups excluding carboxylic acids is 3. The standard InChI is InChI=1S/C4H6O4.C3H6O/c1-2-8-4(7)3(5)6;1-3(2)4/h2H2,1H3,(H,5,6);1-2H3/p-1. The largest absolute Gasteiger partial charge is 0.539 e. The summed E-state index contributed by atoms with van der Waals surface area (Å²) in [7, 11) is 0. The number of hydrogen-bond donors (Lipinski definition) is 0. The second-order valence-corrected chi connectivity index (χ2v) is 1.92. The molecule has 0 rings (SSSR count). The van der Waals surface area contributed by atoms with Crippen LogP contribution in [0.4, 0.5) is 0 Å². The zero-order valence-corrected chi connectivity index (χ0v) is 7.25. The fourth-order valence-electron chi connectivity index (χ4n) is 0.190. The van der Waals surface area contributed by atoms with Gasteiger partial charge in [-0.25, -0.2) is 4.79 Å². The molecule has 12 heavy (non-hydrogen) atoms. The predicted octanol–water partition coefficient (Wildman–Crippen LogP) is -1.11. The van der Waals surface area contributed by atoms with Crippen LogP contribution in [-0.2, 0) is 19.1 Å². The van der Waals surface area contributed by atoms with Crippen molar-refractivity contribution in [2.75, 3.05) is 6.61 Å². The third-order valence-electron chi connectivity index (χ3n) is 0.442. The second-order valence-electron chi connectivity index (χ2n) is 1.92. The van der Waals surface area contributed by atoms with Crippen molar-refractivity contribution in [1.82, 2.24) is 0 Å². The molecule has 0 unspecified atom stereocenters. The molecule has 0 fully saturated rings. The molecular weight excluding hydrogens is 164 g/mol. The summed E-state index contributed by atoms with van der Waals surface area (Å²) in [6.07, 6.45) is 0. The van der Waals surface area contributed by atoms with Gasteiger partial charge in [-0.1, -0.05) is 0 Å². The van der Waals surface area contributed by atoms with Crippen LogP contribution in [0.2, 0.25) is 0 Å². The molecule has 0 aliphatic heterocycles. The number of rotatable bonds is 1. The SMILES string of the molecule is CC(C)=O.CCOC(=O)C(=O)[O-]. The fraction of sp³-hybridized carbons (Fsp3) is 0.571. The topological polar surface area (TPSA) is 83.5 Å². The monoisotopic (exact) mass is 175 g/mol. The maximum absolute atomic E-state index is 9.86. The molecule has 0 aliphatic carbocycles. The summed E-state index contributed by atoms with van der Waals surface area (Å²) < 4.78 is 4.00. The predicted molar refractivity (Wildman–Crippen MR) is 38.0 cm³/mol. The number of hydrogen-bond acceptors (Lipinski definition) is 5. The summed E-state index contributed by atoms with van der Waals surface area (Å²) in [5, 5.41) is 9.50. The minimum atomic E-state index is -1.80. The molecule has 0 radical (unpaired) electrons. The maximum Gasteiger partial charge on any atom is 0.354 e. The van der Waals surface area contributed by atoms with Crippen molar-refractivity contribution in [3.05, 3.63) is 0 Å². The van der Waals surface area contributed by atoms with E-state index in [1.807, 2.05) is 0 Å². The van der Waals surface area contributed by atoms with E-state index in [-0.39, 0.29) is 12.4 Å². The van der Waals surface area contributed by atoms with Gasteiger partial charge < -0.3 is 19.4 Å². The van der Waals surface area contributed by atoms with Crippen molar-refractivity contribution in [3.8, 4) is 0 Å². The van der Waals surface area contributed by atoms with Crippen LogP contribution in [-0.4, -0.2) is 24.3 Å². The quantitative estimate of drug-likeness (QED) is 0.373. The van der Waals surface area contributed by atoms with E-state index in [9.17, 15) is 19.5 Å². The highest BCUT2D eigenvalue weighted by molar-refractivity contribution is 6.27. The van der Waals surface area contributed by atoms with Gasteiger partial charge in [0.25, 0.3) is 0 Å². The van der Waals surface area contributed by atoms with E-state index in [1.165, 1.54) is 20.8 Å². The first-order valence-corrected chi connectivity index (χ1v) is 3.27. The number of Topliss-reactive ketones (excluding diaryl/α,β-unsaturated/α-hetero) is 1. The molecule has 0 N–H and O–H groups in total. The van der Waals surface area contributed by atoms with Crippen LogP contribution in [0.15, 0.2) is 0 Å². The van der Waals surface area contributed by atoms with Crippen LogP contribution < -0.4 is 5.11 Å². The van der Waals surface area contributed by atoms with Gasteiger partial charge in [0.1, 0.15) is 5.78 Å². The Morgan fingerprint density at radius 1 is 1.25 bits per heavy atom. The average molecular weight is 175 g/mol. The van der Waals surface area contributed by atoms with Crippen LogP contribution in [0.3, 0.4) is 0 Å². The molecule has 0 heterocycles. The number of ketones is 1. The van der Waals surface area contributed by atoms with Gasteiger partial charge in [0.2, 0.25) is 0 Å². The Hall–Kier alpha value is -1.39. The molecule has 0 atom stereocenters. The first-order chi connectivity index (χ1) is 5.41. The van der Waals surface area contributed by atoms with E-state index in [4.69, 9.17) is 0 Å². The Morgan fingerprint density at radius 3 is 1.67 bits per heavy atom. The Labute approximate surface area is 70.3 Å². The van der Waals surface area contributed by atoms with Gasteiger partial charge in [0, 0.05) is 0 Å². The first-order valence-electron chi connectivity index (χ1n) is 3.27. The minimum absolute atomic E-state index is 0.0623. The highest BCUT2D eigenvalue weighted by atomic mass is 16.6. The molecule has 5 nitrogen and oxygen atoms in total. The third-order valence-corrected chi connectivity index (χ3v) is 0.442. The van der Waals surface area contributed by atoms with Gasteiger partial charge in [-0.3, -0.25) is 0 Å². The molecule has 0 aromatic heterocycles. The summed E-state index contributed by atoms with van der Waals surface area (Å²) in [6.45, 7) is 4.63. The van der Waals surface area contributed by atoms with E-state index in [0.29, 0.717) is 0 Å². The van der Waals surface area contributed by atoms with Crippen LogP contribution in [0, 0.1) is 0 Å². The van der Waals surface area contributed by atoms with Crippen LogP contribution >= 0.6 is 0 Å². The second kappa shape index (κ2) is 7.71. The molecule has 0 aliphatic rings. The Bertz CT molecular complexity index is 169. The molecule has 0 bridgehead atoms. The number of aliphatic carboxylic acids is 1. The van der Waals surface area contributed by atoms with E-state index in [1.54, 1.807) is 0 Å². The molecule has 0 aromatic rings. The van der Waals surface area contributed by atoms with E-state index in [0.717, 1.165) is 0 Å². The van der Waals surface area contributed by atoms with Crippen molar-refractivity contribution in [3.63, 3.8) is 0 Å². The van der Waals surface area contributed by atoms with Crippen molar-refractivity contribution in [1.29, 1.82) is 0 Å². The normalized spacial score (nSPS) is 7.58. The lowest BCUT2D eigenvalue weighted by Gasteiger charge is -1.98. The molecular formula is C7H11O5-. The molecule has 70 valence electrons. The lowest BCUT2D eigenvalue weighted by Crippen LogP contribution is -2.33. The molecule has 5 heteroatoms. The zero-order chi connectivity index (χ0) is 10.1. The summed E-state index contributed by atoms with van der Waals surface area (Å²) >= 11 is 0. The van der Waals surface area contributed by atoms with E-state index >= 15 is 0 Å². The smallest absolute Gasteiger partial charge is 0.354 e. The summed E-state index contributed by atoms with van der Waals surface area (Å²) in [6, 6.07) is 0. The van der Waals surface area contributed by atoms with Crippen molar-refractivity contribution in [2.24, 2.45) is 0 Å². The summed E-state index contributed by atoms with van der Waals surface area (Å²) in [5.74, 6) is -2.95. The summed E-state index contributed by atoms with van der Waals surface area (Å²) in [4.78, 5) is 28.8. The van der Waals surface area contributed by atoms with Gasteiger partial charge >= 0.3 is 5.97 Å². The number of ether oxygens (including phenoxy) is 1. The van der Waals surface area contributed by atoms with Gasteiger partial charge in [0.05, 0.1) is 6.61 Å². The zero-order valence-electron chi connectivity index (χ0n) is 7.25. The highest BCUT2D eigenvalue weighted by Gasteiger charge is 1.98. The maximum atomic E-state index is 9.86. The number of carbonyl (C=O) groups is 3.